The highest BCUT2D eigenvalue weighted by Gasteiger charge is 2.24. The molecule has 0 amide bonds. The van der Waals surface area contributed by atoms with E-state index in [-0.39, 0.29) is 11.6 Å². The molecule has 0 bridgehead atoms. The number of hydrogen-bond acceptors (Lipinski definition) is 4. The maximum Gasteiger partial charge on any atom is 0.165 e. The van der Waals surface area contributed by atoms with Crippen LogP contribution in [-0.2, 0) is 18.9 Å². The van der Waals surface area contributed by atoms with Crippen molar-refractivity contribution in [2.45, 2.75) is 220 Å². The third-order valence-electron chi connectivity index (χ3n) is 8.81. The highest BCUT2D eigenvalue weighted by molar-refractivity contribution is 4.64. The highest BCUT2D eigenvalue weighted by atomic mass is 16.7. The van der Waals surface area contributed by atoms with Gasteiger partial charge in [-0.05, 0) is 54.4 Å². The molecule has 0 aromatic rings. The molecule has 0 radical (unpaired) electrons. The molecular weight excluding hydrogens is 520 g/mol. The fraction of sp³-hybridized carbons (Fsp3) is 1.00. The predicted octanol–water partition coefficient (Wildman–Crippen LogP) is 12.7. The number of rotatable bonds is 35. The maximum atomic E-state index is 5.81. The predicted molar refractivity (Wildman–Crippen MR) is 183 cm³/mol. The first-order valence-corrected chi connectivity index (χ1v) is 19.0. The van der Waals surface area contributed by atoms with Gasteiger partial charge in [0, 0.05) is 39.3 Å². The van der Waals surface area contributed by atoms with E-state index in [9.17, 15) is 0 Å². The fourth-order valence-corrected chi connectivity index (χ4v) is 6.37. The van der Waals surface area contributed by atoms with Crippen LogP contribution in [0.4, 0.5) is 0 Å². The van der Waals surface area contributed by atoms with Crippen LogP contribution in [0.25, 0.3) is 0 Å². The van der Waals surface area contributed by atoms with Crippen molar-refractivity contribution >= 4 is 0 Å². The van der Waals surface area contributed by atoms with Gasteiger partial charge in [0.25, 0.3) is 0 Å². The van der Waals surface area contributed by atoms with Gasteiger partial charge in [-0.2, -0.15) is 0 Å². The van der Waals surface area contributed by atoms with Crippen LogP contribution in [-0.4, -0.2) is 38.0 Å². The minimum atomic E-state index is -0.372. The minimum absolute atomic E-state index is 0.372. The van der Waals surface area contributed by atoms with E-state index in [4.69, 9.17) is 18.9 Å². The number of ether oxygens (including phenoxy) is 4. The minimum Gasteiger partial charge on any atom is -0.351 e. The van der Waals surface area contributed by atoms with Crippen molar-refractivity contribution in [1.82, 2.24) is 0 Å². The molecule has 4 nitrogen and oxygen atoms in total. The summed E-state index contributed by atoms with van der Waals surface area (Å²) in [6.45, 7) is 15.3. The molecule has 0 spiro atoms. The third kappa shape index (κ3) is 27.4. The quantitative estimate of drug-likeness (QED) is 0.0537. The van der Waals surface area contributed by atoms with Gasteiger partial charge in [-0.15, -0.1) is 0 Å². The molecule has 42 heavy (non-hydrogen) atoms. The van der Waals surface area contributed by atoms with Crippen molar-refractivity contribution in [2.24, 2.45) is 0 Å². The molecule has 0 unspecified atom stereocenters. The third-order valence-corrected chi connectivity index (χ3v) is 8.81. The molecule has 254 valence electrons. The molecule has 0 N–H and O–H groups in total. The first-order chi connectivity index (χ1) is 20.4. The van der Waals surface area contributed by atoms with Crippen LogP contribution < -0.4 is 0 Å². The lowest BCUT2D eigenvalue weighted by Crippen LogP contribution is -2.32. The van der Waals surface area contributed by atoms with Gasteiger partial charge in [-0.3, -0.25) is 0 Å². The van der Waals surface area contributed by atoms with Crippen LogP contribution in [0.15, 0.2) is 0 Å². The lowest BCUT2D eigenvalue weighted by atomic mass is 10.0. The summed E-state index contributed by atoms with van der Waals surface area (Å²) in [5.41, 5.74) is 0. The lowest BCUT2D eigenvalue weighted by molar-refractivity contribution is -0.225. The van der Waals surface area contributed by atoms with E-state index in [2.05, 4.69) is 41.5 Å². The molecule has 0 aromatic carbocycles. The molecule has 0 aliphatic heterocycles. The molecule has 0 aromatic heterocycles. The van der Waals surface area contributed by atoms with Gasteiger partial charge < -0.3 is 18.9 Å². The van der Waals surface area contributed by atoms with Crippen molar-refractivity contribution in [1.29, 1.82) is 0 Å². The van der Waals surface area contributed by atoms with Crippen LogP contribution in [0.5, 0.6) is 0 Å². The molecule has 0 saturated heterocycles. The van der Waals surface area contributed by atoms with Gasteiger partial charge in [0.05, 0.1) is 0 Å². The van der Waals surface area contributed by atoms with Gasteiger partial charge in [0.15, 0.2) is 11.6 Å². The van der Waals surface area contributed by atoms with Crippen molar-refractivity contribution < 1.29 is 18.9 Å². The summed E-state index contributed by atoms with van der Waals surface area (Å²) in [5.74, 6) is -0.745. The summed E-state index contributed by atoms with van der Waals surface area (Å²) in [5, 5.41) is 0. The Hall–Kier alpha value is -0.160. The summed E-state index contributed by atoms with van der Waals surface area (Å²) >= 11 is 0. The van der Waals surface area contributed by atoms with E-state index in [1.54, 1.807) is 0 Å². The molecule has 0 atom stereocenters. The zero-order valence-corrected chi connectivity index (χ0v) is 29.8. The first kappa shape index (κ1) is 41.8. The number of unbranched alkanes of at least 4 members (excludes halogenated alkanes) is 23. The van der Waals surface area contributed by atoms with Crippen LogP contribution >= 0.6 is 0 Å². The second-order valence-electron chi connectivity index (χ2n) is 13.0. The van der Waals surface area contributed by atoms with E-state index in [1.807, 2.05) is 0 Å². The zero-order chi connectivity index (χ0) is 31.0. The zero-order valence-electron chi connectivity index (χ0n) is 29.8. The molecule has 0 fully saturated rings. The topological polar surface area (TPSA) is 36.9 Å². The largest absolute Gasteiger partial charge is 0.351 e. The van der Waals surface area contributed by atoms with E-state index >= 15 is 0 Å². The second-order valence-corrected chi connectivity index (χ2v) is 13.0. The lowest BCUT2D eigenvalue weighted by Gasteiger charge is -2.29. The fourth-order valence-electron chi connectivity index (χ4n) is 6.37. The Morgan fingerprint density at radius 1 is 0.262 bits per heavy atom. The summed E-state index contributed by atoms with van der Waals surface area (Å²) in [4.78, 5) is 0. The monoisotopic (exact) mass is 599 g/mol. The van der Waals surface area contributed by atoms with Crippen LogP contribution in [0.3, 0.4) is 0 Å². The SMILES string of the molecule is CCOC(C)(CCCCCCCCCCCCCCCCCCCCCCCCCCC(C)(OCC)OCC)OCC. The van der Waals surface area contributed by atoms with E-state index in [0.29, 0.717) is 0 Å². The molecule has 0 saturated carbocycles. The Labute approximate surface area is 265 Å². The van der Waals surface area contributed by atoms with Crippen molar-refractivity contribution in [3.8, 4) is 0 Å². The van der Waals surface area contributed by atoms with Gasteiger partial charge in [0.1, 0.15) is 0 Å². The van der Waals surface area contributed by atoms with E-state index in [1.165, 1.54) is 154 Å². The molecular formula is C38H78O4. The molecule has 0 rings (SSSR count). The van der Waals surface area contributed by atoms with Crippen molar-refractivity contribution in [2.75, 3.05) is 26.4 Å². The second kappa shape index (κ2) is 30.8. The first-order valence-electron chi connectivity index (χ1n) is 19.0. The molecule has 0 aliphatic carbocycles. The van der Waals surface area contributed by atoms with Gasteiger partial charge >= 0.3 is 0 Å². The van der Waals surface area contributed by atoms with Crippen LogP contribution in [0.2, 0.25) is 0 Å². The standard InChI is InChI=1S/C38H78O4/c1-7-39-37(5,40-8-2)35-33-31-29-27-25-23-21-19-17-15-13-11-12-14-16-18-20-22-24-26-28-30-32-34-36-38(6,41-9-3)42-10-4/h7-36H2,1-6H3. The van der Waals surface area contributed by atoms with Crippen LogP contribution in [0.1, 0.15) is 208 Å². The Morgan fingerprint density at radius 2 is 0.405 bits per heavy atom. The van der Waals surface area contributed by atoms with E-state index < -0.39 is 0 Å². The van der Waals surface area contributed by atoms with E-state index in [0.717, 1.165) is 39.3 Å². The van der Waals surface area contributed by atoms with Gasteiger partial charge in [-0.1, -0.05) is 141 Å². The molecule has 0 aliphatic rings. The summed E-state index contributed by atoms with van der Waals surface area (Å²) in [7, 11) is 0. The van der Waals surface area contributed by atoms with Crippen molar-refractivity contribution in [3.63, 3.8) is 0 Å². The van der Waals surface area contributed by atoms with Crippen LogP contribution in [0, 0.1) is 0 Å². The normalized spacial score (nSPS) is 12.4. The van der Waals surface area contributed by atoms with Crippen molar-refractivity contribution in [3.05, 3.63) is 0 Å². The average molecular weight is 599 g/mol. The number of hydrogen-bond donors (Lipinski definition) is 0. The Bertz CT molecular complexity index is 465. The summed E-state index contributed by atoms with van der Waals surface area (Å²) in [6.07, 6.45) is 35.7. The maximum absolute atomic E-state index is 5.81. The molecule has 4 heteroatoms. The van der Waals surface area contributed by atoms with Gasteiger partial charge in [-0.25, -0.2) is 0 Å². The Balaban J connectivity index is 3.27. The van der Waals surface area contributed by atoms with Gasteiger partial charge in [0.2, 0.25) is 0 Å². The summed E-state index contributed by atoms with van der Waals surface area (Å²) < 4.78 is 23.2. The average Bonchev–Trinajstić information content (AvgIpc) is 2.95. The smallest absolute Gasteiger partial charge is 0.165 e. The summed E-state index contributed by atoms with van der Waals surface area (Å²) in [6, 6.07) is 0. The Kier molecular flexibility index (Phi) is 30.7. The Morgan fingerprint density at radius 3 is 0.548 bits per heavy atom. The highest BCUT2D eigenvalue weighted by Crippen LogP contribution is 2.23. The molecule has 0 heterocycles.